The van der Waals surface area contributed by atoms with E-state index in [1.54, 1.807) is 17.0 Å². The van der Waals surface area contributed by atoms with Crippen LogP contribution in [0.15, 0.2) is 18.2 Å². The van der Waals surface area contributed by atoms with Gasteiger partial charge in [-0.2, -0.15) is 0 Å². The summed E-state index contributed by atoms with van der Waals surface area (Å²) in [5, 5.41) is 0. The van der Waals surface area contributed by atoms with Crippen LogP contribution in [0.4, 0.5) is 10.1 Å². The van der Waals surface area contributed by atoms with E-state index in [0.717, 1.165) is 12.8 Å². The number of hydrogen-bond donors (Lipinski definition) is 0. The van der Waals surface area contributed by atoms with Gasteiger partial charge in [-0.3, -0.25) is 0 Å². The number of benzene rings is 1. The molecule has 0 unspecified atom stereocenters. The van der Waals surface area contributed by atoms with Gasteiger partial charge >= 0.3 is 0 Å². The maximum absolute atomic E-state index is 13.7. The van der Waals surface area contributed by atoms with Gasteiger partial charge in [0.2, 0.25) is 0 Å². The lowest BCUT2D eigenvalue weighted by atomic mass is 10.2. The second kappa shape index (κ2) is 3.48. The molecular formula is C11H14FNO. The van der Waals surface area contributed by atoms with Crippen molar-refractivity contribution in [1.29, 1.82) is 0 Å². The standard InChI is InChI=1S/C11H14FNO/c1-13(2)9-4-3-5-10(11(9)12)14-8-6-7-8/h3-5,8H,6-7H2,1-2H3. The van der Waals surface area contributed by atoms with Crippen LogP contribution in [0.2, 0.25) is 0 Å². The van der Waals surface area contributed by atoms with Gasteiger partial charge in [0.1, 0.15) is 0 Å². The average molecular weight is 195 g/mol. The number of anilines is 1. The molecule has 0 saturated heterocycles. The van der Waals surface area contributed by atoms with Gasteiger partial charge in [-0.1, -0.05) is 6.07 Å². The van der Waals surface area contributed by atoms with E-state index in [1.807, 2.05) is 20.2 Å². The molecule has 0 heterocycles. The minimum absolute atomic E-state index is 0.238. The minimum Gasteiger partial charge on any atom is -0.487 e. The lowest BCUT2D eigenvalue weighted by molar-refractivity contribution is 0.288. The van der Waals surface area contributed by atoms with Gasteiger partial charge in [0.25, 0.3) is 0 Å². The van der Waals surface area contributed by atoms with Crippen LogP contribution in [0.1, 0.15) is 12.8 Å². The van der Waals surface area contributed by atoms with E-state index in [4.69, 9.17) is 4.74 Å². The van der Waals surface area contributed by atoms with Crippen molar-refractivity contribution < 1.29 is 9.13 Å². The van der Waals surface area contributed by atoms with E-state index in [1.165, 1.54) is 0 Å². The Morgan fingerprint density at radius 2 is 2.07 bits per heavy atom. The van der Waals surface area contributed by atoms with Gasteiger partial charge < -0.3 is 9.64 Å². The molecule has 3 heteroatoms. The van der Waals surface area contributed by atoms with Crippen LogP contribution in [0.25, 0.3) is 0 Å². The van der Waals surface area contributed by atoms with E-state index in [0.29, 0.717) is 11.4 Å². The number of ether oxygens (including phenoxy) is 1. The van der Waals surface area contributed by atoms with Crippen LogP contribution in [-0.2, 0) is 0 Å². The quantitative estimate of drug-likeness (QED) is 0.734. The molecular weight excluding hydrogens is 181 g/mol. The normalized spacial score (nSPS) is 15.4. The minimum atomic E-state index is -0.260. The Kier molecular flexibility index (Phi) is 2.32. The molecule has 1 saturated carbocycles. The third-order valence-corrected chi connectivity index (χ3v) is 2.24. The fraction of sp³-hybridized carbons (Fsp3) is 0.455. The summed E-state index contributed by atoms with van der Waals surface area (Å²) in [6.07, 6.45) is 2.33. The molecule has 76 valence electrons. The summed E-state index contributed by atoms with van der Waals surface area (Å²) in [5.41, 5.74) is 0.572. The van der Waals surface area contributed by atoms with Gasteiger partial charge in [-0.15, -0.1) is 0 Å². The molecule has 0 aliphatic heterocycles. The maximum atomic E-state index is 13.7. The van der Waals surface area contributed by atoms with Crippen molar-refractivity contribution in [2.24, 2.45) is 0 Å². The molecule has 2 nitrogen and oxygen atoms in total. The fourth-order valence-electron chi connectivity index (χ4n) is 1.30. The highest BCUT2D eigenvalue weighted by Gasteiger charge is 2.25. The first-order valence-electron chi connectivity index (χ1n) is 4.81. The lowest BCUT2D eigenvalue weighted by Crippen LogP contribution is -2.11. The smallest absolute Gasteiger partial charge is 0.188 e. The molecule has 0 atom stereocenters. The molecule has 14 heavy (non-hydrogen) atoms. The maximum Gasteiger partial charge on any atom is 0.188 e. The molecule has 1 aromatic rings. The van der Waals surface area contributed by atoms with Crippen LogP contribution in [-0.4, -0.2) is 20.2 Å². The van der Waals surface area contributed by atoms with Crippen molar-refractivity contribution in [3.63, 3.8) is 0 Å². The van der Waals surface area contributed by atoms with Crippen molar-refractivity contribution in [2.75, 3.05) is 19.0 Å². The number of halogens is 1. The first-order valence-corrected chi connectivity index (χ1v) is 4.81. The number of rotatable bonds is 3. The third kappa shape index (κ3) is 1.81. The van der Waals surface area contributed by atoms with Crippen LogP contribution < -0.4 is 9.64 Å². The monoisotopic (exact) mass is 195 g/mol. The topological polar surface area (TPSA) is 12.5 Å². The molecule has 0 spiro atoms. The van der Waals surface area contributed by atoms with Crippen LogP contribution in [0.5, 0.6) is 5.75 Å². The summed E-state index contributed by atoms with van der Waals surface area (Å²) < 4.78 is 19.2. The van der Waals surface area contributed by atoms with Crippen LogP contribution >= 0.6 is 0 Å². The predicted molar refractivity (Wildman–Crippen MR) is 54.4 cm³/mol. The second-order valence-electron chi connectivity index (χ2n) is 3.80. The Morgan fingerprint density at radius 3 is 2.64 bits per heavy atom. The van der Waals surface area contributed by atoms with Gasteiger partial charge in [-0.25, -0.2) is 4.39 Å². The van der Waals surface area contributed by atoms with Crippen LogP contribution in [0, 0.1) is 5.82 Å². The molecule has 0 radical (unpaired) electrons. The van der Waals surface area contributed by atoms with Gasteiger partial charge in [0.15, 0.2) is 11.6 Å². The molecule has 0 N–H and O–H groups in total. The van der Waals surface area contributed by atoms with E-state index in [2.05, 4.69) is 0 Å². The van der Waals surface area contributed by atoms with E-state index < -0.39 is 0 Å². The Bertz CT molecular complexity index is 334. The summed E-state index contributed by atoms with van der Waals surface area (Å²) in [6.45, 7) is 0. The molecule has 1 aliphatic carbocycles. The third-order valence-electron chi connectivity index (χ3n) is 2.24. The summed E-state index contributed by atoms with van der Waals surface area (Å²) in [7, 11) is 3.64. The molecule has 2 rings (SSSR count). The molecule has 1 aromatic carbocycles. The summed E-state index contributed by atoms with van der Waals surface area (Å²) in [6, 6.07) is 5.24. The second-order valence-corrected chi connectivity index (χ2v) is 3.80. The Balaban J connectivity index is 2.25. The van der Waals surface area contributed by atoms with Gasteiger partial charge in [-0.05, 0) is 25.0 Å². The van der Waals surface area contributed by atoms with E-state index in [-0.39, 0.29) is 11.9 Å². The largest absolute Gasteiger partial charge is 0.487 e. The highest BCUT2D eigenvalue weighted by Crippen LogP contribution is 2.31. The van der Waals surface area contributed by atoms with Crippen molar-refractivity contribution >= 4 is 5.69 Å². The Labute approximate surface area is 83.3 Å². The zero-order valence-electron chi connectivity index (χ0n) is 8.46. The molecule has 0 aromatic heterocycles. The summed E-state index contributed by atoms with van der Waals surface area (Å²) in [5.74, 6) is 0.114. The first kappa shape index (κ1) is 9.31. The molecule has 0 bridgehead atoms. The van der Waals surface area contributed by atoms with E-state index in [9.17, 15) is 4.39 Å². The van der Waals surface area contributed by atoms with Crippen molar-refractivity contribution in [3.05, 3.63) is 24.0 Å². The highest BCUT2D eigenvalue weighted by molar-refractivity contribution is 5.51. The molecule has 0 amide bonds. The van der Waals surface area contributed by atoms with Gasteiger partial charge in [0, 0.05) is 14.1 Å². The zero-order valence-corrected chi connectivity index (χ0v) is 8.46. The number of nitrogens with zero attached hydrogens (tertiary/aromatic N) is 1. The SMILES string of the molecule is CN(C)c1cccc(OC2CC2)c1F. The Morgan fingerprint density at radius 1 is 1.36 bits per heavy atom. The van der Waals surface area contributed by atoms with Crippen molar-refractivity contribution in [2.45, 2.75) is 18.9 Å². The Hall–Kier alpha value is -1.25. The summed E-state index contributed by atoms with van der Waals surface area (Å²) in [4.78, 5) is 1.75. The molecule has 1 fully saturated rings. The number of hydrogen-bond acceptors (Lipinski definition) is 2. The highest BCUT2D eigenvalue weighted by atomic mass is 19.1. The fourth-order valence-corrected chi connectivity index (χ4v) is 1.30. The average Bonchev–Trinajstić information content (AvgIpc) is 2.92. The first-order chi connectivity index (χ1) is 6.68. The van der Waals surface area contributed by atoms with E-state index >= 15 is 0 Å². The predicted octanol–water partition coefficient (Wildman–Crippen LogP) is 2.43. The van der Waals surface area contributed by atoms with Gasteiger partial charge in [0.05, 0.1) is 11.8 Å². The lowest BCUT2D eigenvalue weighted by Gasteiger charge is -2.15. The van der Waals surface area contributed by atoms with Crippen molar-refractivity contribution in [1.82, 2.24) is 0 Å². The zero-order chi connectivity index (χ0) is 10.1. The van der Waals surface area contributed by atoms with Crippen LogP contribution in [0.3, 0.4) is 0 Å². The van der Waals surface area contributed by atoms with Crippen molar-refractivity contribution in [3.8, 4) is 5.75 Å². The summed E-state index contributed by atoms with van der Waals surface area (Å²) >= 11 is 0. The molecule has 1 aliphatic rings.